The molecule has 3 saturated heterocycles. The SMILES string of the molecule is Clc1cccc(-n2nnnc2NCc2ccccc2N2CC3C4CCC(O4)C3C2)c1Cl. The number of halogens is 2. The molecule has 1 N–H and O–H groups in total. The quantitative estimate of drug-likeness (QED) is 0.620. The number of rotatable bonds is 5. The van der Waals surface area contributed by atoms with Crippen molar-refractivity contribution in [2.24, 2.45) is 11.8 Å². The summed E-state index contributed by atoms with van der Waals surface area (Å²) in [4.78, 5) is 2.52. The molecule has 7 nitrogen and oxygen atoms in total. The number of para-hydroxylation sites is 1. The zero-order valence-electron chi connectivity index (χ0n) is 16.8. The molecule has 3 fully saturated rings. The van der Waals surface area contributed by atoms with E-state index in [1.807, 2.05) is 12.1 Å². The summed E-state index contributed by atoms with van der Waals surface area (Å²) in [6.07, 6.45) is 3.35. The molecule has 160 valence electrons. The molecule has 1 aromatic heterocycles. The van der Waals surface area contributed by atoms with Gasteiger partial charge >= 0.3 is 0 Å². The Morgan fingerprint density at radius 2 is 1.71 bits per heavy atom. The van der Waals surface area contributed by atoms with Gasteiger partial charge in [0.05, 0.1) is 27.9 Å². The van der Waals surface area contributed by atoms with E-state index in [0.29, 0.717) is 52.3 Å². The monoisotopic (exact) mass is 456 g/mol. The van der Waals surface area contributed by atoms with Crippen LogP contribution in [0.5, 0.6) is 0 Å². The maximum absolute atomic E-state index is 6.37. The van der Waals surface area contributed by atoms with E-state index in [2.05, 4.69) is 50.0 Å². The van der Waals surface area contributed by atoms with Crippen molar-refractivity contribution >= 4 is 34.8 Å². The number of tetrazole rings is 1. The van der Waals surface area contributed by atoms with Gasteiger partial charge in [-0.1, -0.05) is 52.6 Å². The lowest BCUT2D eigenvalue weighted by atomic mass is 9.82. The largest absolute Gasteiger partial charge is 0.374 e. The Kier molecular flexibility index (Phi) is 4.78. The summed E-state index contributed by atoms with van der Waals surface area (Å²) >= 11 is 12.5. The third kappa shape index (κ3) is 3.26. The highest BCUT2D eigenvalue weighted by Crippen LogP contribution is 2.48. The van der Waals surface area contributed by atoms with Crippen LogP contribution >= 0.6 is 23.2 Å². The van der Waals surface area contributed by atoms with Crippen molar-refractivity contribution in [1.82, 2.24) is 20.2 Å². The molecule has 3 aliphatic heterocycles. The Bertz CT molecular complexity index is 1100. The number of ether oxygens (including phenoxy) is 1. The molecule has 31 heavy (non-hydrogen) atoms. The Labute approximate surface area is 190 Å². The number of fused-ring (bicyclic) bond motifs is 5. The van der Waals surface area contributed by atoms with Crippen molar-refractivity contribution in [3.63, 3.8) is 0 Å². The first-order chi connectivity index (χ1) is 15.2. The van der Waals surface area contributed by atoms with Gasteiger partial charge in [-0.15, -0.1) is 0 Å². The lowest BCUT2D eigenvalue weighted by molar-refractivity contribution is 0.0850. The summed E-state index contributed by atoms with van der Waals surface area (Å²) in [6, 6.07) is 13.9. The number of aromatic nitrogens is 4. The summed E-state index contributed by atoms with van der Waals surface area (Å²) < 4.78 is 7.71. The molecule has 0 radical (unpaired) electrons. The molecule has 4 heterocycles. The molecule has 0 amide bonds. The van der Waals surface area contributed by atoms with Crippen molar-refractivity contribution < 1.29 is 4.74 Å². The number of hydrogen-bond acceptors (Lipinski definition) is 6. The predicted octanol–water partition coefficient (Wildman–Crippen LogP) is 4.19. The summed E-state index contributed by atoms with van der Waals surface area (Å²) in [5.41, 5.74) is 3.11. The standard InChI is InChI=1S/C22H22Cl2N6O/c23-16-5-3-7-18(21(16)24)30-22(26-27-28-30)25-10-13-4-1-2-6-17(13)29-11-14-15(12-29)20-9-8-19(14)31-20/h1-7,14-15,19-20H,8-12H2,(H,25,26,28). The van der Waals surface area contributed by atoms with Crippen LogP contribution in [0.2, 0.25) is 10.0 Å². The average Bonchev–Trinajstić information content (AvgIpc) is 3.56. The summed E-state index contributed by atoms with van der Waals surface area (Å²) in [5.74, 6) is 1.85. The molecule has 3 aliphatic rings. The molecule has 0 spiro atoms. The van der Waals surface area contributed by atoms with E-state index < -0.39 is 0 Å². The zero-order valence-corrected chi connectivity index (χ0v) is 18.3. The van der Waals surface area contributed by atoms with Crippen molar-refractivity contribution in [2.75, 3.05) is 23.3 Å². The number of hydrogen-bond donors (Lipinski definition) is 1. The fourth-order valence-corrected chi connectivity index (χ4v) is 5.79. The minimum atomic E-state index is 0.417. The van der Waals surface area contributed by atoms with Crippen LogP contribution in [0.1, 0.15) is 18.4 Å². The summed E-state index contributed by atoms with van der Waals surface area (Å²) in [7, 11) is 0. The average molecular weight is 457 g/mol. The minimum absolute atomic E-state index is 0.417. The summed E-state index contributed by atoms with van der Waals surface area (Å²) in [5, 5.41) is 16.3. The molecule has 4 atom stereocenters. The molecule has 2 bridgehead atoms. The number of nitrogens with zero attached hydrogens (tertiary/aromatic N) is 5. The highest BCUT2D eigenvalue weighted by atomic mass is 35.5. The van der Waals surface area contributed by atoms with E-state index >= 15 is 0 Å². The minimum Gasteiger partial charge on any atom is -0.374 e. The van der Waals surface area contributed by atoms with Crippen molar-refractivity contribution in [3.8, 4) is 5.69 Å². The molecule has 4 unspecified atom stereocenters. The number of benzene rings is 2. The van der Waals surface area contributed by atoms with E-state index in [-0.39, 0.29) is 0 Å². The Hall–Kier alpha value is -2.35. The van der Waals surface area contributed by atoms with Crippen molar-refractivity contribution in [2.45, 2.75) is 31.6 Å². The molecule has 6 rings (SSSR count). The highest BCUT2D eigenvalue weighted by Gasteiger charge is 2.53. The fraction of sp³-hybridized carbons (Fsp3) is 0.409. The van der Waals surface area contributed by atoms with Gasteiger partial charge in [0.2, 0.25) is 5.95 Å². The van der Waals surface area contributed by atoms with Crippen LogP contribution in [0.15, 0.2) is 42.5 Å². The van der Waals surface area contributed by atoms with E-state index in [1.54, 1.807) is 10.7 Å². The van der Waals surface area contributed by atoms with Crippen LogP contribution in [0, 0.1) is 11.8 Å². The van der Waals surface area contributed by atoms with Crippen LogP contribution in [0.3, 0.4) is 0 Å². The second kappa shape index (κ2) is 7.65. The molecular weight excluding hydrogens is 435 g/mol. The normalized spacial score (nSPS) is 26.5. The van der Waals surface area contributed by atoms with Gasteiger partial charge in [-0.2, -0.15) is 4.68 Å². The zero-order chi connectivity index (χ0) is 20.9. The van der Waals surface area contributed by atoms with Crippen LogP contribution in [-0.2, 0) is 11.3 Å². The summed E-state index contributed by atoms with van der Waals surface area (Å²) in [6.45, 7) is 2.74. The second-order valence-electron chi connectivity index (χ2n) is 8.49. The van der Waals surface area contributed by atoms with Gasteiger partial charge in [0, 0.05) is 37.2 Å². The lowest BCUT2D eigenvalue weighted by Crippen LogP contribution is -2.25. The molecule has 9 heteroatoms. The Balaban J connectivity index is 1.22. The Morgan fingerprint density at radius 1 is 0.968 bits per heavy atom. The van der Waals surface area contributed by atoms with Gasteiger partial charge in [-0.25, -0.2) is 0 Å². The van der Waals surface area contributed by atoms with E-state index in [1.165, 1.54) is 24.1 Å². The van der Waals surface area contributed by atoms with Crippen LogP contribution in [-0.4, -0.2) is 45.5 Å². The van der Waals surface area contributed by atoms with Crippen molar-refractivity contribution in [1.29, 1.82) is 0 Å². The van der Waals surface area contributed by atoms with Gasteiger partial charge < -0.3 is 15.0 Å². The first-order valence-electron chi connectivity index (χ1n) is 10.6. The maximum Gasteiger partial charge on any atom is 0.248 e. The van der Waals surface area contributed by atoms with Gasteiger partial charge in [0.1, 0.15) is 0 Å². The third-order valence-electron chi connectivity index (χ3n) is 6.85. The molecule has 3 aromatic rings. The van der Waals surface area contributed by atoms with Gasteiger partial charge in [-0.05, 0) is 47.0 Å². The van der Waals surface area contributed by atoms with Gasteiger partial charge in [0.15, 0.2) is 0 Å². The first-order valence-corrected chi connectivity index (χ1v) is 11.4. The third-order valence-corrected chi connectivity index (χ3v) is 7.66. The number of nitrogens with one attached hydrogen (secondary N) is 1. The van der Waals surface area contributed by atoms with Gasteiger partial charge in [-0.3, -0.25) is 0 Å². The lowest BCUT2D eigenvalue weighted by Gasteiger charge is -2.24. The van der Waals surface area contributed by atoms with Crippen LogP contribution in [0.25, 0.3) is 5.69 Å². The first kappa shape index (κ1) is 19.3. The Morgan fingerprint density at radius 3 is 2.52 bits per heavy atom. The number of anilines is 2. The van der Waals surface area contributed by atoms with Crippen LogP contribution < -0.4 is 10.2 Å². The van der Waals surface area contributed by atoms with E-state index in [4.69, 9.17) is 27.9 Å². The molecule has 0 saturated carbocycles. The topological polar surface area (TPSA) is 68.1 Å². The maximum atomic E-state index is 6.37. The van der Waals surface area contributed by atoms with Crippen molar-refractivity contribution in [3.05, 3.63) is 58.1 Å². The van der Waals surface area contributed by atoms with Crippen LogP contribution in [0.4, 0.5) is 11.6 Å². The molecular formula is C22H22Cl2N6O. The van der Waals surface area contributed by atoms with Gasteiger partial charge in [0.25, 0.3) is 0 Å². The fourth-order valence-electron chi connectivity index (χ4n) is 5.42. The van der Waals surface area contributed by atoms with E-state index in [0.717, 1.165) is 13.1 Å². The molecule has 0 aliphatic carbocycles. The predicted molar refractivity (Wildman–Crippen MR) is 120 cm³/mol. The smallest absolute Gasteiger partial charge is 0.248 e. The van der Waals surface area contributed by atoms with E-state index in [9.17, 15) is 0 Å². The molecule has 2 aromatic carbocycles. The second-order valence-corrected chi connectivity index (χ2v) is 9.28. The highest BCUT2D eigenvalue weighted by molar-refractivity contribution is 6.43.